The van der Waals surface area contributed by atoms with Crippen LogP contribution in [0.15, 0.2) is 70.4 Å². The standard InChI is InChI=1S/C36H60.C6H14.C5H12.C2H6/c1-28(2)14-10-16-31(7)18-12-19-33(9)22-23-35-25-34(26-36(27-35)24-30(5)6)21-13-20-32(8)17-11-15-29(3)4;1-5-6(2,3)4;1-4-5(2)3;1-2/h14-15,18,20,25,30,35-36H,9-13,16-17,19,21-24,26-27H2,1-8H3;5H2,1-4H3;5H,4H2,1-3H3;1-2H3/b31-18+,32-20+;;;. The van der Waals surface area contributed by atoms with E-state index in [2.05, 4.69) is 141 Å². The van der Waals surface area contributed by atoms with Crippen molar-refractivity contribution in [2.24, 2.45) is 29.1 Å². The van der Waals surface area contributed by atoms with Gasteiger partial charge in [0.25, 0.3) is 0 Å². The molecule has 0 saturated carbocycles. The van der Waals surface area contributed by atoms with E-state index in [0.29, 0.717) is 5.41 Å². The van der Waals surface area contributed by atoms with Gasteiger partial charge in [0.15, 0.2) is 0 Å². The van der Waals surface area contributed by atoms with Crippen LogP contribution in [0.1, 0.15) is 214 Å². The lowest BCUT2D eigenvalue weighted by atomic mass is 9.76. The van der Waals surface area contributed by atoms with Gasteiger partial charge in [-0.1, -0.05) is 159 Å². The van der Waals surface area contributed by atoms with Crippen molar-refractivity contribution < 1.29 is 0 Å². The maximum atomic E-state index is 4.44. The van der Waals surface area contributed by atoms with Crippen LogP contribution in [0.25, 0.3) is 0 Å². The second kappa shape index (κ2) is 32.4. The van der Waals surface area contributed by atoms with Crippen LogP contribution in [0.3, 0.4) is 0 Å². The van der Waals surface area contributed by atoms with Crippen molar-refractivity contribution in [1.82, 2.24) is 0 Å². The third-order valence-electron chi connectivity index (χ3n) is 9.34. The SMILES string of the molecule is C=C(CC/C=C(\C)CCC=C(C)C)CCC1C=C(CC/C=C(\C)CCC=C(C)C)CC(CC(C)C)C1.CC.CCC(C)(C)C.CCC(C)C. The molecule has 0 bridgehead atoms. The largest absolute Gasteiger partial charge is 0.0999 e. The van der Waals surface area contributed by atoms with Gasteiger partial charge in [-0.05, 0) is 154 Å². The molecule has 1 aliphatic rings. The lowest BCUT2D eigenvalue weighted by molar-refractivity contribution is 0.316. The van der Waals surface area contributed by atoms with Gasteiger partial charge in [-0.25, -0.2) is 0 Å². The van der Waals surface area contributed by atoms with Crippen LogP contribution in [-0.2, 0) is 0 Å². The molecule has 2 unspecified atom stereocenters. The summed E-state index contributed by atoms with van der Waals surface area (Å²) in [5.74, 6) is 3.31. The molecule has 0 saturated heterocycles. The molecule has 1 aliphatic carbocycles. The summed E-state index contributed by atoms with van der Waals surface area (Å²) in [4.78, 5) is 0. The van der Waals surface area contributed by atoms with Crippen molar-refractivity contribution in [3.8, 4) is 0 Å². The van der Waals surface area contributed by atoms with E-state index in [1.807, 2.05) is 13.8 Å². The zero-order valence-electron chi connectivity index (χ0n) is 37.0. The normalized spacial score (nSPS) is 16.3. The van der Waals surface area contributed by atoms with Gasteiger partial charge in [-0.2, -0.15) is 0 Å². The summed E-state index contributed by atoms with van der Waals surface area (Å²) in [6.07, 6.45) is 31.0. The Morgan fingerprint density at radius 3 is 1.59 bits per heavy atom. The molecule has 0 N–H and O–H groups in total. The predicted molar refractivity (Wildman–Crippen MR) is 232 cm³/mol. The Kier molecular flexibility index (Phi) is 34.2. The summed E-state index contributed by atoms with van der Waals surface area (Å²) in [5.41, 5.74) is 9.65. The summed E-state index contributed by atoms with van der Waals surface area (Å²) >= 11 is 0. The summed E-state index contributed by atoms with van der Waals surface area (Å²) in [6, 6.07) is 0. The van der Waals surface area contributed by atoms with Crippen LogP contribution in [0.5, 0.6) is 0 Å². The molecule has 0 nitrogen and oxygen atoms in total. The van der Waals surface area contributed by atoms with Crippen molar-refractivity contribution in [3.05, 3.63) is 70.4 Å². The molecule has 49 heavy (non-hydrogen) atoms. The summed E-state index contributed by atoms with van der Waals surface area (Å²) in [7, 11) is 0. The smallest absolute Gasteiger partial charge is 0.0225 e. The number of hydrogen-bond acceptors (Lipinski definition) is 0. The van der Waals surface area contributed by atoms with E-state index in [0.717, 1.165) is 36.5 Å². The van der Waals surface area contributed by atoms with Crippen LogP contribution < -0.4 is 0 Å². The first kappa shape index (κ1) is 51.8. The van der Waals surface area contributed by atoms with E-state index in [1.54, 1.807) is 11.1 Å². The Bertz CT molecular complexity index is 940. The fraction of sp³-hybridized carbons (Fsp3) is 0.755. The highest BCUT2D eigenvalue weighted by Gasteiger charge is 2.23. The molecule has 288 valence electrons. The zero-order chi connectivity index (χ0) is 38.4. The van der Waals surface area contributed by atoms with E-state index in [4.69, 9.17) is 0 Å². The number of allylic oxidation sites excluding steroid dienone is 11. The van der Waals surface area contributed by atoms with Crippen LogP contribution in [0, 0.1) is 29.1 Å². The average molecular weight is 681 g/mol. The molecule has 0 aromatic rings. The molecule has 0 heteroatoms. The molecular weight excluding hydrogens is 589 g/mol. The quantitative estimate of drug-likeness (QED) is 0.126. The van der Waals surface area contributed by atoms with E-state index in [1.165, 1.54) is 106 Å². The molecule has 0 aromatic carbocycles. The lowest BCUT2D eigenvalue weighted by Gasteiger charge is -2.30. The maximum absolute atomic E-state index is 4.44. The fourth-order valence-electron chi connectivity index (χ4n) is 5.51. The van der Waals surface area contributed by atoms with Gasteiger partial charge in [0.05, 0.1) is 0 Å². The van der Waals surface area contributed by atoms with Crippen LogP contribution >= 0.6 is 0 Å². The summed E-state index contributed by atoms with van der Waals surface area (Å²) in [5, 5.41) is 0. The number of rotatable bonds is 18. The van der Waals surface area contributed by atoms with Crippen molar-refractivity contribution in [2.45, 2.75) is 214 Å². The summed E-state index contributed by atoms with van der Waals surface area (Å²) in [6.45, 7) is 42.2. The Morgan fingerprint density at radius 1 is 0.735 bits per heavy atom. The van der Waals surface area contributed by atoms with Gasteiger partial charge < -0.3 is 0 Å². The predicted octanol–water partition coefficient (Wildman–Crippen LogP) is 17.8. The van der Waals surface area contributed by atoms with Gasteiger partial charge in [-0.15, -0.1) is 0 Å². The second-order valence-corrected chi connectivity index (χ2v) is 17.3. The van der Waals surface area contributed by atoms with Crippen molar-refractivity contribution in [3.63, 3.8) is 0 Å². The van der Waals surface area contributed by atoms with Crippen LogP contribution in [-0.4, -0.2) is 0 Å². The summed E-state index contributed by atoms with van der Waals surface area (Å²) < 4.78 is 0. The Balaban J connectivity index is -0.00000138. The fourth-order valence-corrected chi connectivity index (χ4v) is 5.51. The number of hydrogen-bond donors (Lipinski definition) is 0. The maximum Gasteiger partial charge on any atom is -0.0225 e. The highest BCUT2D eigenvalue weighted by Crippen LogP contribution is 2.37. The Morgan fingerprint density at radius 2 is 1.18 bits per heavy atom. The first-order valence-electron chi connectivity index (χ1n) is 20.8. The molecular formula is C49H92. The molecule has 0 aliphatic heterocycles. The highest BCUT2D eigenvalue weighted by atomic mass is 14.3. The molecule has 0 spiro atoms. The van der Waals surface area contributed by atoms with E-state index in [9.17, 15) is 0 Å². The molecule has 0 fully saturated rings. The van der Waals surface area contributed by atoms with E-state index >= 15 is 0 Å². The molecule has 0 radical (unpaired) electrons. The van der Waals surface area contributed by atoms with E-state index in [-0.39, 0.29) is 0 Å². The average Bonchev–Trinajstić information content (AvgIpc) is 3.00. The van der Waals surface area contributed by atoms with Crippen molar-refractivity contribution >= 4 is 0 Å². The molecule has 0 aromatic heterocycles. The monoisotopic (exact) mass is 681 g/mol. The van der Waals surface area contributed by atoms with Gasteiger partial charge in [0.1, 0.15) is 0 Å². The van der Waals surface area contributed by atoms with Gasteiger partial charge in [0, 0.05) is 0 Å². The minimum atomic E-state index is 0.542. The second-order valence-electron chi connectivity index (χ2n) is 17.3. The zero-order valence-corrected chi connectivity index (χ0v) is 37.0. The van der Waals surface area contributed by atoms with Crippen LogP contribution in [0.4, 0.5) is 0 Å². The minimum Gasteiger partial charge on any atom is -0.0999 e. The first-order chi connectivity index (χ1) is 22.9. The topological polar surface area (TPSA) is 0 Å². The molecule has 1 rings (SSSR count). The van der Waals surface area contributed by atoms with Gasteiger partial charge in [0.2, 0.25) is 0 Å². The third-order valence-corrected chi connectivity index (χ3v) is 9.34. The van der Waals surface area contributed by atoms with E-state index < -0.39 is 0 Å². The Labute approximate surface area is 312 Å². The van der Waals surface area contributed by atoms with Crippen molar-refractivity contribution in [1.29, 1.82) is 0 Å². The first-order valence-corrected chi connectivity index (χ1v) is 20.8. The molecule has 2 atom stereocenters. The lowest BCUT2D eigenvalue weighted by Crippen LogP contribution is -2.16. The molecule has 0 heterocycles. The highest BCUT2D eigenvalue weighted by molar-refractivity contribution is 5.13. The minimum absolute atomic E-state index is 0.542. The van der Waals surface area contributed by atoms with Crippen molar-refractivity contribution in [2.75, 3.05) is 0 Å². The van der Waals surface area contributed by atoms with Gasteiger partial charge >= 0.3 is 0 Å². The van der Waals surface area contributed by atoms with Gasteiger partial charge in [-0.3, -0.25) is 0 Å². The van der Waals surface area contributed by atoms with Crippen LogP contribution in [0.2, 0.25) is 0 Å². The molecule has 0 amide bonds. The Hall–Kier alpha value is -1.56. The third kappa shape index (κ3) is 39.1.